The number of aromatic nitrogens is 2. The Kier molecular flexibility index (Phi) is 3.97. The van der Waals surface area contributed by atoms with Gasteiger partial charge < -0.3 is 9.72 Å². The maximum Gasteiger partial charge on any atom is 0.213 e. The molecule has 5 heterocycles. The van der Waals surface area contributed by atoms with Crippen LogP contribution in [0.4, 0.5) is 0 Å². The minimum Gasteiger partial charge on any atom is -0.472 e. The highest BCUT2D eigenvalue weighted by atomic mass is 16.5. The number of H-pyrrole nitrogens is 1. The number of piperidine rings is 3. The first-order valence-corrected chi connectivity index (χ1v) is 10.1. The zero-order valence-corrected chi connectivity index (χ0v) is 16.3. The van der Waals surface area contributed by atoms with Gasteiger partial charge in [0.2, 0.25) is 5.88 Å². The summed E-state index contributed by atoms with van der Waals surface area (Å²) in [6, 6.07) is 11.2. The average Bonchev–Trinajstić information content (AvgIpc) is 2.99. The molecule has 3 saturated heterocycles. The fraction of sp³-hybridized carbons (Fsp3) is 0.435. The molecule has 3 aliphatic heterocycles. The van der Waals surface area contributed by atoms with Crippen molar-refractivity contribution in [3.63, 3.8) is 0 Å². The van der Waals surface area contributed by atoms with Gasteiger partial charge in [-0.05, 0) is 75.9 Å². The quantitative estimate of drug-likeness (QED) is 0.735. The predicted molar refractivity (Wildman–Crippen MR) is 109 cm³/mol. The maximum atomic E-state index is 6.32. The molecule has 0 amide bonds. The molecule has 0 aliphatic carbocycles. The molecule has 3 fully saturated rings. The van der Waals surface area contributed by atoms with Crippen molar-refractivity contribution in [1.82, 2.24) is 14.9 Å². The van der Waals surface area contributed by atoms with Crippen LogP contribution in [0, 0.1) is 19.8 Å². The van der Waals surface area contributed by atoms with E-state index in [1.165, 1.54) is 53.7 Å². The van der Waals surface area contributed by atoms with E-state index in [-0.39, 0.29) is 6.10 Å². The smallest absolute Gasteiger partial charge is 0.213 e. The number of nitrogens with zero attached hydrogens (tertiary/aromatic N) is 2. The number of ether oxygens (including phenoxy) is 1. The Bertz CT molecular complexity index is 965. The number of benzene rings is 1. The number of rotatable bonds is 3. The molecule has 1 aromatic carbocycles. The molecule has 2 bridgehead atoms. The van der Waals surface area contributed by atoms with Crippen LogP contribution in [0.15, 0.2) is 36.5 Å². The molecule has 3 aromatic rings. The third-order valence-corrected chi connectivity index (χ3v) is 6.72. The van der Waals surface area contributed by atoms with Crippen LogP contribution in [-0.4, -0.2) is 40.1 Å². The Labute approximate surface area is 160 Å². The predicted octanol–water partition coefficient (Wildman–Crippen LogP) is 4.71. The van der Waals surface area contributed by atoms with Crippen LogP contribution in [0.2, 0.25) is 0 Å². The average molecular weight is 361 g/mol. The van der Waals surface area contributed by atoms with Gasteiger partial charge in [-0.2, -0.15) is 0 Å². The van der Waals surface area contributed by atoms with Gasteiger partial charge in [-0.3, -0.25) is 4.90 Å². The van der Waals surface area contributed by atoms with Crippen molar-refractivity contribution in [3.8, 4) is 17.0 Å². The van der Waals surface area contributed by atoms with Crippen LogP contribution < -0.4 is 4.74 Å². The summed E-state index contributed by atoms with van der Waals surface area (Å²) in [6.45, 7) is 9.02. The number of hydrogen-bond donors (Lipinski definition) is 1. The fourth-order valence-corrected chi connectivity index (χ4v) is 4.86. The van der Waals surface area contributed by atoms with Gasteiger partial charge >= 0.3 is 0 Å². The Balaban J connectivity index is 1.37. The first-order chi connectivity index (χ1) is 13.1. The highest BCUT2D eigenvalue weighted by Gasteiger charge is 2.41. The number of aromatic amines is 1. The van der Waals surface area contributed by atoms with Gasteiger partial charge in [-0.25, -0.2) is 4.98 Å². The van der Waals surface area contributed by atoms with Gasteiger partial charge in [0.25, 0.3) is 0 Å². The van der Waals surface area contributed by atoms with Crippen molar-refractivity contribution in [3.05, 3.63) is 47.8 Å². The van der Waals surface area contributed by atoms with E-state index in [0.717, 1.165) is 11.4 Å². The third-order valence-electron chi connectivity index (χ3n) is 6.72. The van der Waals surface area contributed by atoms with Crippen LogP contribution in [-0.2, 0) is 0 Å². The highest BCUT2D eigenvalue weighted by molar-refractivity contribution is 5.88. The van der Waals surface area contributed by atoms with Gasteiger partial charge in [0, 0.05) is 40.5 Å². The minimum absolute atomic E-state index is 0.270. The maximum absolute atomic E-state index is 6.32. The molecule has 0 spiro atoms. The molecule has 27 heavy (non-hydrogen) atoms. The summed E-state index contributed by atoms with van der Waals surface area (Å²) in [4.78, 5) is 10.6. The Morgan fingerprint density at radius 1 is 1.07 bits per heavy atom. The van der Waals surface area contributed by atoms with E-state index in [1.807, 2.05) is 12.3 Å². The van der Waals surface area contributed by atoms with Gasteiger partial charge in [-0.1, -0.05) is 12.1 Å². The molecule has 1 N–H and O–H groups in total. The molecular weight excluding hydrogens is 334 g/mol. The van der Waals surface area contributed by atoms with Crippen molar-refractivity contribution in [2.24, 2.45) is 5.92 Å². The van der Waals surface area contributed by atoms with Crippen LogP contribution in [0.1, 0.15) is 31.0 Å². The second-order valence-corrected chi connectivity index (χ2v) is 8.22. The number of pyridine rings is 1. The molecular formula is C23H27N3O. The molecule has 2 atom stereocenters. The number of nitrogens with one attached hydrogen (secondary N) is 1. The van der Waals surface area contributed by atoms with Gasteiger partial charge in [0.15, 0.2) is 0 Å². The van der Waals surface area contributed by atoms with E-state index in [2.05, 4.69) is 59.9 Å². The lowest BCUT2D eigenvalue weighted by Gasteiger charge is -2.49. The normalized spacial score (nSPS) is 27.2. The summed E-state index contributed by atoms with van der Waals surface area (Å²) in [7, 11) is 0. The van der Waals surface area contributed by atoms with Crippen molar-refractivity contribution in [2.75, 3.05) is 13.1 Å². The lowest BCUT2D eigenvalue weighted by atomic mass is 9.81. The van der Waals surface area contributed by atoms with E-state index < -0.39 is 0 Å². The Morgan fingerprint density at radius 2 is 1.85 bits per heavy atom. The van der Waals surface area contributed by atoms with E-state index >= 15 is 0 Å². The van der Waals surface area contributed by atoms with Crippen molar-refractivity contribution in [1.29, 1.82) is 0 Å². The summed E-state index contributed by atoms with van der Waals surface area (Å²) < 4.78 is 6.32. The topological polar surface area (TPSA) is 41.1 Å². The largest absolute Gasteiger partial charge is 0.472 e. The second-order valence-electron chi connectivity index (χ2n) is 8.22. The summed E-state index contributed by atoms with van der Waals surface area (Å²) in [5, 5.41) is 1.29. The Morgan fingerprint density at radius 3 is 2.56 bits per heavy atom. The summed E-state index contributed by atoms with van der Waals surface area (Å²) >= 11 is 0. The molecule has 6 rings (SSSR count). The highest BCUT2D eigenvalue weighted by Crippen LogP contribution is 2.35. The molecule has 2 unspecified atom stereocenters. The number of aryl methyl sites for hydroxylation is 2. The second kappa shape index (κ2) is 6.38. The molecule has 4 nitrogen and oxygen atoms in total. The van der Waals surface area contributed by atoms with Gasteiger partial charge in [0.05, 0.1) is 0 Å². The SMILES string of the molecule is Cc1[nH]c2cc(-c3ccc(OC4C5CCN(CC5)C4C)nc3)ccc2c1C. The molecule has 2 aromatic heterocycles. The van der Waals surface area contributed by atoms with E-state index in [9.17, 15) is 0 Å². The minimum atomic E-state index is 0.270. The van der Waals surface area contributed by atoms with Crippen LogP contribution in [0.5, 0.6) is 5.88 Å². The number of hydrogen-bond acceptors (Lipinski definition) is 3. The first-order valence-electron chi connectivity index (χ1n) is 10.1. The summed E-state index contributed by atoms with van der Waals surface area (Å²) in [5.41, 5.74) is 6.04. The van der Waals surface area contributed by atoms with E-state index in [1.54, 1.807) is 0 Å². The van der Waals surface area contributed by atoms with Gasteiger partial charge in [0.1, 0.15) is 6.10 Å². The van der Waals surface area contributed by atoms with Crippen molar-refractivity contribution in [2.45, 2.75) is 45.8 Å². The lowest BCUT2D eigenvalue weighted by molar-refractivity contribution is -0.0525. The molecule has 3 aliphatic rings. The zero-order chi connectivity index (χ0) is 18.5. The molecule has 0 radical (unpaired) electrons. The van der Waals surface area contributed by atoms with Gasteiger partial charge in [-0.15, -0.1) is 0 Å². The Hall–Kier alpha value is -2.33. The van der Waals surface area contributed by atoms with Crippen LogP contribution >= 0.6 is 0 Å². The number of fused-ring (bicyclic) bond motifs is 4. The molecule has 4 heteroatoms. The monoisotopic (exact) mass is 361 g/mol. The van der Waals surface area contributed by atoms with Crippen LogP contribution in [0.25, 0.3) is 22.0 Å². The standard InChI is InChI=1S/C23H27N3O/c1-14-15(2)25-21-12-18(4-6-20(14)21)19-5-7-22(24-13-19)27-23-16(3)26-10-8-17(23)9-11-26/h4-7,12-13,16-17,23,25H,8-11H2,1-3H3. The fourth-order valence-electron chi connectivity index (χ4n) is 4.86. The third kappa shape index (κ3) is 2.83. The molecule has 140 valence electrons. The van der Waals surface area contributed by atoms with Crippen molar-refractivity contribution >= 4 is 10.9 Å². The van der Waals surface area contributed by atoms with E-state index in [4.69, 9.17) is 4.74 Å². The summed E-state index contributed by atoms with van der Waals surface area (Å²) in [6.07, 6.45) is 4.71. The molecule has 0 saturated carbocycles. The summed E-state index contributed by atoms with van der Waals surface area (Å²) in [5.74, 6) is 1.42. The van der Waals surface area contributed by atoms with Crippen molar-refractivity contribution < 1.29 is 4.74 Å². The zero-order valence-electron chi connectivity index (χ0n) is 16.3. The lowest BCUT2D eigenvalue weighted by Crippen LogP contribution is -2.58. The first kappa shape index (κ1) is 16.8. The van der Waals surface area contributed by atoms with Crippen LogP contribution in [0.3, 0.4) is 0 Å². The van der Waals surface area contributed by atoms with E-state index in [0.29, 0.717) is 12.0 Å².